The van der Waals surface area contributed by atoms with Crippen molar-refractivity contribution in [2.45, 2.75) is 6.18 Å². The molecule has 0 saturated heterocycles. The molecule has 0 aromatic heterocycles. The fourth-order valence-electron chi connectivity index (χ4n) is 1.06. The molecule has 0 amide bonds. The Hall–Kier alpha value is -2.67. The summed E-state index contributed by atoms with van der Waals surface area (Å²) in [7, 11) is 0. The third-order valence-corrected chi connectivity index (χ3v) is 1.88. The zero-order valence-corrected chi connectivity index (χ0v) is 9.53. The summed E-state index contributed by atoms with van der Waals surface area (Å²) in [5.74, 6) is 0.0765. The van der Waals surface area contributed by atoms with E-state index in [1.54, 1.807) is 12.1 Å². The Morgan fingerprint density at radius 3 is 2.26 bits per heavy atom. The summed E-state index contributed by atoms with van der Waals surface area (Å²) in [6.07, 6.45) is -3.18. The second-order valence-corrected chi connectivity index (χ2v) is 3.35. The molecule has 0 radical (unpaired) electrons. The molecule has 0 atom stereocenters. The van der Waals surface area contributed by atoms with Gasteiger partial charge in [0.15, 0.2) is 6.61 Å². The smallest absolute Gasteiger partial charge is 0.422 e. The van der Waals surface area contributed by atoms with Crippen molar-refractivity contribution < 1.29 is 17.9 Å². The molecule has 1 N–H and O–H groups in total. The molecule has 0 unspecified atom stereocenters. The first-order valence-electron chi connectivity index (χ1n) is 5.01. The lowest BCUT2D eigenvalue weighted by molar-refractivity contribution is -0.153. The van der Waals surface area contributed by atoms with Crippen LogP contribution in [0.4, 0.5) is 18.9 Å². The molecule has 98 valence electrons. The van der Waals surface area contributed by atoms with Crippen molar-refractivity contribution in [2.24, 2.45) is 0 Å². The highest BCUT2D eigenvalue weighted by Crippen LogP contribution is 2.20. The third kappa shape index (κ3) is 5.46. The SMILES string of the molecule is N#CC(C#N)=CNc1ccc(OCC(F)(F)F)cc1. The minimum Gasteiger partial charge on any atom is -0.484 e. The molecule has 0 saturated carbocycles. The van der Waals surface area contributed by atoms with Crippen LogP contribution in [0.2, 0.25) is 0 Å². The van der Waals surface area contributed by atoms with Crippen LogP contribution in [0.5, 0.6) is 5.75 Å². The quantitative estimate of drug-likeness (QED) is 0.851. The minimum absolute atomic E-state index is 0.0765. The summed E-state index contributed by atoms with van der Waals surface area (Å²) in [5, 5.41) is 19.6. The van der Waals surface area contributed by atoms with E-state index in [9.17, 15) is 13.2 Å². The first-order chi connectivity index (χ1) is 8.94. The number of halogens is 3. The van der Waals surface area contributed by atoms with Gasteiger partial charge in [0.2, 0.25) is 0 Å². The zero-order valence-electron chi connectivity index (χ0n) is 9.53. The number of rotatable bonds is 4. The van der Waals surface area contributed by atoms with Gasteiger partial charge in [0, 0.05) is 11.9 Å². The van der Waals surface area contributed by atoms with Crippen LogP contribution in [0.25, 0.3) is 0 Å². The van der Waals surface area contributed by atoms with Crippen molar-refractivity contribution in [3.63, 3.8) is 0 Å². The third-order valence-electron chi connectivity index (χ3n) is 1.88. The fraction of sp³-hybridized carbons (Fsp3) is 0.167. The van der Waals surface area contributed by atoms with Crippen molar-refractivity contribution in [2.75, 3.05) is 11.9 Å². The predicted molar refractivity (Wildman–Crippen MR) is 60.9 cm³/mol. The summed E-state index contributed by atoms with van der Waals surface area (Å²) in [4.78, 5) is 0. The topological polar surface area (TPSA) is 68.8 Å². The number of nitriles is 2. The Balaban J connectivity index is 2.61. The van der Waals surface area contributed by atoms with E-state index in [0.717, 1.165) is 0 Å². The molecular weight excluding hydrogens is 259 g/mol. The maximum atomic E-state index is 11.9. The van der Waals surface area contributed by atoms with E-state index < -0.39 is 12.8 Å². The van der Waals surface area contributed by atoms with Crippen molar-refractivity contribution in [1.29, 1.82) is 10.5 Å². The van der Waals surface area contributed by atoms with Gasteiger partial charge in [-0.1, -0.05) is 0 Å². The molecule has 0 spiro atoms. The van der Waals surface area contributed by atoms with Crippen molar-refractivity contribution in [1.82, 2.24) is 0 Å². The lowest BCUT2D eigenvalue weighted by atomic mass is 10.3. The van der Waals surface area contributed by atoms with Crippen LogP contribution in [0.1, 0.15) is 0 Å². The Morgan fingerprint density at radius 2 is 1.79 bits per heavy atom. The van der Waals surface area contributed by atoms with Crippen molar-refractivity contribution in [3.8, 4) is 17.9 Å². The Labute approximate surface area is 107 Å². The molecule has 1 aromatic rings. The van der Waals surface area contributed by atoms with Gasteiger partial charge in [-0.2, -0.15) is 23.7 Å². The Bertz CT molecular complexity index is 519. The lowest BCUT2D eigenvalue weighted by Gasteiger charge is -2.09. The van der Waals surface area contributed by atoms with Gasteiger partial charge in [-0.3, -0.25) is 0 Å². The van der Waals surface area contributed by atoms with Crippen LogP contribution >= 0.6 is 0 Å². The molecule has 1 rings (SSSR count). The lowest BCUT2D eigenvalue weighted by Crippen LogP contribution is -2.19. The molecular formula is C12H8F3N3O. The number of nitrogens with zero attached hydrogens (tertiary/aromatic N) is 2. The van der Waals surface area contributed by atoms with Crippen LogP contribution in [0.3, 0.4) is 0 Å². The van der Waals surface area contributed by atoms with Crippen LogP contribution in [-0.2, 0) is 0 Å². The summed E-state index contributed by atoms with van der Waals surface area (Å²) < 4.78 is 40.2. The number of anilines is 1. The summed E-state index contributed by atoms with van der Waals surface area (Å²) >= 11 is 0. The van der Waals surface area contributed by atoms with Crippen molar-refractivity contribution >= 4 is 5.69 Å². The monoisotopic (exact) mass is 267 g/mol. The van der Waals surface area contributed by atoms with Gasteiger partial charge in [0.25, 0.3) is 0 Å². The van der Waals surface area contributed by atoms with Gasteiger partial charge in [0.1, 0.15) is 23.5 Å². The van der Waals surface area contributed by atoms with Gasteiger partial charge < -0.3 is 10.1 Å². The van der Waals surface area contributed by atoms with E-state index in [4.69, 9.17) is 10.5 Å². The van der Waals surface area contributed by atoms with E-state index in [0.29, 0.717) is 5.69 Å². The number of alkyl halides is 3. The first kappa shape index (κ1) is 14.4. The van der Waals surface area contributed by atoms with Gasteiger partial charge in [-0.05, 0) is 24.3 Å². The van der Waals surface area contributed by atoms with Crippen LogP contribution in [-0.4, -0.2) is 12.8 Å². The average molecular weight is 267 g/mol. The van der Waals surface area contributed by atoms with E-state index in [-0.39, 0.29) is 11.3 Å². The maximum absolute atomic E-state index is 11.9. The number of ether oxygens (including phenoxy) is 1. The standard InChI is InChI=1S/C12H8F3N3O/c13-12(14,15)8-19-11-3-1-10(2-4-11)18-7-9(5-16)6-17/h1-4,7,18H,8H2. The molecule has 1 aromatic carbocycles. The summed E-state index contributed by atoms with van der Waals surface area (Å²) in [6, 6.07) is 8.94. The van der Waals surface area contributed by atoms with Crippen molar-refractivity contribution in [3.05, 3.63) is 36.0 Å². The molecule has 0 aliphatic heterocycles. The molecule has 7 heteroatoms. The maximum Gasteiger partial charge on any atom is 0.422 e. The van der Waals surface area contributed by atoms with Gasteiger partial charge in [0.05, 0.1) is 0 Å². The van der Waals surface area contributed by atoms with Crippen LogP contribution in [0.15, 0.2) is 36.0 Å². The number of allylic oxidation sites excluding steroid dienone is 1. The average Bonchev–Trinajstić information content (AvgIpc) is 2.38. The second kappa shape index (κ2) is 6.31. The highest BCUT2D eigenvalue weighted by molar-refractivity contribution is 5.51. The number of benzene rings is 1. The van der Waals surface area contributed by atoms with Gasteiger partial charge in [-0.15, -0.1) is 0 Å². The first-order valence-corrected chi connectivity index (χ1v) is 5.01. The number of hydrogen-bond acceptors (Lipinski definition) is 4. The fourth-order valence-corrected chi connectivity index (χ4v) is 1.06. The molecule has 4 nitrogen and oxygen atoms in total. The second-order valence-electron chi connectivity index (χ2n) is 3.35. The summed E-state index contributed by atoms with van der Waals surface area (Å²) in [5.41, 5.74) is 0.403. The minimum atomic E-state index is -4.38. The Morgan fingerprint density at radius 1 is 1.21 bits per heavy atom. The molecule has 19 heavy (non-hydrogen) atoms. The predicted octanol–water partition coefficient (Wildman–Crippen LogP) is 2.97. The highest BCUT2D eigenvalue weighted by atomic mass is 19.4. The number of hydrogen-bond donors (Lipinski definition) is 1. The van der Waals surface area contributed by atoms with E-state index >= 15 is 0 Å². The van der Waals surface area contributed by atoms with Crippen LogP contribution < -0.4 is 10.1 Å². The van der Waals surface area contributed by atoms with E-state index in [1.165, 1.54) is 30.5 Å². The molecule has 0 aliphatic carbocycles. The zero-order chi connectivity index (χ0) is 14.3. The van der Waals surface area contributed by atoms with Crippen LogP contribution in [0, 0.1) is 22.7 Å². The molecule has 0 aliphatic rings. The van der Waals surface area contributed by atoms with E-state index in [2.05, 4.69) is 10.1 Å². The summed E-state index contributed by atoms with van der Waals surface area (Å²) in [6.45, 7) is -1.35. The normalized spacial score (nSPS) is 9.95. The molecule has 0 heterocycles. The number of nitrogens with one attached hydrogen (secondary N) is 1. The highest BCUT2D eigenvalue weighted by Gasteiger charge is 2.28. The Kier molecular flexibility index (Phi) is 4.78. The largest absolute Gasteiger partial charge is 0.484 e. The van der Waals surface area contributed by atoms with Gasteiger partial charge >= 0.3 is 6.18 Å². The van der Waals surface area contributed by atoms with E-state index in [1.807, 2.05) is 0 Å². The molecule has 0 bridgehead atoms. The molecule has 0 fully saturated rings. The van der Waals surface area contributed by atoms with Gasteiger partial charge in [-0.25, -0.2) is 0 Å².